The van der Waals surface area contributed by atoms with E-state index in [9.17, 15) is 4.79 Å². The molecule has 2 fully saturated rings. The van der Waals surface area contributed by atoms with Crippen molar-refractivity contribution in [1.82, 2.24) is 25.1 Å². The highest BCUT2D eigenvalue weighted by Crippen LogP contribution is 2.16. The molecular formula is C18H30N6O2. The molecule has 2 atom stereocenters. The molecule has 1 aromatic heterocycles. The molecule has 8 nitrogen and oxygen atoms in total. The summed E-state index contributed by atoms with van der Waals surface area (Å²) in [5.74, 6) is 0.839. The summed E-state index contributed by atoms with van der Waals surface area (Å²) >= 11 is 0. The number of amides is 1. The standard InChI is InChI=1S/C18H30N6O2/c1-14(2)24-11-15(16(12-24)26-3)21-17(25)13-22-7-9-23(10-8-22)18-19-5-4-6-20-18/h4-6,14-16H,7-13H2,1-3H3,(H,21,25)/t15-,16-/m1/s1. The second kappa shape index (κ2) is 8.75. The van der Waals surface area contributed by atoms with Crippen LogP contribution in [-0.2, 0) is 9.53 Å². The fourth-order valence-corrected chi connectivity index (χ4v) is 3.62. The van der Waals surface area contributed by atoms with Gasteiger partial charge in [0, 0.05) is 64.8 Å². The van der Waals surface area contributed by atoms with Crippen molar-refractivity contribution in [2.45, 2.75) is 32.0 Å². The molecule has 8 heteroatoms. The fourth-order valence-electron chi connectivity index (χ4n) is 3.62. The number of hydrogen-bond donors (Lipinski definition) is 1. The lowest BCUT2D eigenvalue weighted by Crippen LogP contribution is -2.52. The number of likely N-dealkylation sites (tertiary alicyclic amines) is 1. The first-order chi connectivity index (χ1) is 12.6. The molecule has 1 aromatic rings. The van der Waals surface area contributed by atoms with Gasteiger partial charge in [-0.05, 0) is 19.9 Å². The Bertz CT molecular complexity index is 576. The number of anilines is 1. The lowest BCUT2D eigenvalue weighted by Gasteiger charge is -2.34. The van der Waals surface area contributed by atoms with Crippen LogP contribution in [0, 0.1) is 0 Å². The topological polar surface area (TPSA) is 73.8 Å². The first-order valence-corrected chi connectivity index (χ1v) is 9.37. The van der Waals surface area contributed by atoms with E-state index in [0.29, 0.717) is 12.6 Å². The van der Waals surface area contributed by atoms with E-state index in [1.54, 1.807) is 19.5 Å². The number of methoxy groups -OCH3 is 1. The first kappa shape index (κ1) is 19.0. The quantitative estimate of drug-likeness (QED) is 0.753. The average Bonchev–Trinajstić information content (AvgIpc) is 3.06. The fraction of sp³-hybridized carbons (Fsp3) is 0.722. The molecule has 26 heavy (non-hydrogen) atoms. The third-order valence-corrected chi connectivity index (χ3v) is 5.25. The van der Waals surface area contributed by atoms with Crippen LogP contribution in [-0.4, -0.2) is 96.8 Å². The van der Waals surface area contributed by atoms with E-state index in [-0.39, 0.29) is 18.1 Å². The van der Waals surface area contributed by atoms with E-state index in [4.69, 9.17) is 4.74 Å². The second-order valence-corrected chi connectivity index (χ2v) is 7.31. The monoisotopic (exact) mass is 362 g/mol. The maximum absolute atomic E-state index is 12.5. The van der Waals surface area contributed by atoms with Crippen molar-refractivity contribution in [1.29, 1.82) is 0 Å². The third-order valence-electron chi connectivity index (χ3n) is 5.25. The van der Waals surface area contributed by atoms with Gasteiger partial charge < -0.3 is 15.0 Å². The van der Waals surface area contributed by atoms with Crippen LogP contribution in [0.1, 0.15) is 13.8 Å². The summed E-state index contributed by atoms with van der Waals surface area (Å²) in [6.45, 7) is 9.84. The van der Waals surface area contributed by atoms with Gasteiger partial charge in [0.2, 0.25) is 11.9 Å². The molecule has 1 N–H and O–H groups in total. The molecule has 0 saturated carbocycles. The van der Waals surface area contributed by atoms with Crippen molar-refractivity contribution < 1.29 is 9.53 Å². The van der Waals surface area contributed by atoms with Crippen LogP contribution in [0.3, 0.4) is 0 Å². The highest BCUT2D eigenvalue weighted by molar-refractivity contribution is 5.78. The smallest absolute Gasteiger partial charge is 0.234 e. The highest BCUT2D eigenvalue weighted by atomic mass is 16.5. The van der Waals surface area contributed by atoms with Crippen molar-refractivity contribution in [2.75, 3.05) is 57.8 Å². The minimum absolute atomic E-state index is 0.0634. The minimum atomic E-state index is 0.0634. The van der Waals surface area contributed by atoms with E-state index in [0.717, 1.165) is 45.2 Å². The summed E-state index contributed by atoms with van der Waals surface area (Å²) in [6, 6.07) is 2.35. The summed E-state index contributed by atoms with van der Waals surface area (Å²) in [5.41, 5.74) is 0. The summed E-state index contributed by atoms with van der Waals surface area (Å²) in [7, 11) is 1.72. The highest BCUT2D eigenvalue weighted by Gasteiger charge is 2.35. The molecule has 3 heterocycles. The number of carbonyl (C=O) groups excluding carboxylic acids is 1. The number of nitrogens with one attached hydrogen (secondary N) is 1. The van der Waals surface area contributed by atoms with Crippen LogP contribution in [0.2, 0.25) is 0 Å². The van der Waals surface area contributed by atoms with Crippen LogP contribution in [0.25, 0.3) is 0 Å². The van der Waals surface area contributed by atoms with Crippen LogP contribution in [0.4, 0.5) is 5.95 Å². The van der Waals surface area contributed by atoms with Gasteiger partial charge in [-0.15, -0.1) is 0 Å². The van der Waals surface area contributed by atoms with Crippen molar-refractivity contribution in [3.8, 4) is 0 Å². The number of aromatic nitrogens is 2. The molecule has 0 radical (unpaired) electrons. The molecular weight excluding hydrogens is 332 g/mol. The molecule has 0 spiro atoms. The normalized spacial score (nSPS) is 25.0. The van der Waals surface area contributed by atoms with Gasteiger partial charge in [0.25, 0.3) is 0 Å². The van der Waals surface area contributed by atoms with E-state index in [1.807, 2.05) is 6.07 Å². The Morgan fingerprint density at radius 3 is 2.54 bits per heavy atom. The SMILES string of the molecule is CO[C@@H]1CN(C(C)C)C[C@H]1NC(=O)CN1CCN(c2ncccn2)CC1. The molecule has 144 valence electrons. The zero-order chi connectivity index (χ0) is 18.5. The van der Waals surface area contributed by atoms with Crippen molar-refractivity contribution in [3.63, 3.8) is 0 Å². The van der Waals surface area contributed by atoms with Gasteiger partial charge in [0.1, 0.15) is 0 Å². The van der Waals surface area contributed by atoms with Crippen LogP contribution in [0.15, 0.2) is 18.5 Å². The van der Waals surface area contributed by atoms with E-state index in [1.165, 1.54) is 0 Å². The summed E-state index contributed by atoms with van der Waals surface area (Å²) in [5, 5.41) is 3.17. The third kappa shape index (κ3) is 4.69. The molecule has 2 saturated heterocycles. The maximum atomic E-state index is 12.5. The van der Waals surface area contributed by atoms with Gasteiger partial charge in [0.05, 0.1) is 18.7 Å². The number of hydrogen-bond acceptors (Lipinski definition) is 7. The predicted molar refractivity (Wildman–Crippen MR) is 100 cm³/mol. The molecule has 1 amide bonds. The zero-order valence-corrected chi connectivity index (χ0v) is 16.0. The molecule has 0 aromatic carbocycles. The number of rotatable bonds is 6. The van der Waals surface area contributed by atoms with Gasteiger partial charge >= 0.3 is 0 Å². The van der Waals surface area contributed by atoms with E-state index < -0.39 is 0 Å². The average molecular weight is 362 g/mol. The molecule has 2 aliphatic heterocycles. The summed E-state index contributed by atoms with van der Waals surface area (Å²) in [6.07, 6.45) is 3.58. The number of piperazine rings is 1. The van der Waals surface area contributed by atoms with Crippen molar-refractivity contribution in [2.24, 2.45) is 0 Å². The minimum Gasteiger partial charge on any atom is -0.378 e. The van der Waals surface area contributed by atoms with Crippen LogP contribution in [0.5, 0.6) is 0 Å². The first-order valence-electron chi connectivity index (χ1n) is 9.37. The van der Waals surface area contributed by atoms with Gasteiger partial charge in [-0.25, -0.2) is 9.97 Å². The molecule has 3 rings (SSSR count). The summed E-state index contributed by atoms with van der Waals surface area (Å²) in [4.78, 5) is 27.8. The largest absolute Gasteiger partial charge is 0.378 e. The maximum Gasteiger partial charge on any atom is 0.234 e. The molecule has 2 aliphatic rings. The lowest BCUT2D eigenvalue weighted by molar-refractivity contribution is -0.123. The Hall–Kier alpha value is -1.77. The number of carbonyl (C=O) groups is 1. The Morgan fingerprint density at radius 1 is 1.23 bits per heavy atom. The Balaban J connectivity index is 1.44. The Morgan fingerprint density at radius 2 is 1.92 bits per heavy atom. The van der Waals surface area contributed by atoms with Gasteiger partial charge in [-0.1, -0.05) is 0 Å². The predicted octanol–water partition coefficient (Wildman–Crippen LogP) is -0.178. The molecule has 0 unspecified atom stereocenters. The van der Waals surface area contributed by atoms with Gasteiger partial charge in [-0.2, -0.15) is 0 Å². The van der Waals surface area contributed by atoms with Crippen LogP contribution < -0.4 is 10.2 Å². The second-order valence-electron chi connectivity index (χ2n) is 7.31. The molecule has 0 bridgehead atoms. The Kier molecular flexibility index (Phi) is 6.39. The summed E-state index contributed by atoms with van der Waals surface area (Å²) < 4.78 is 5.57. The van der Waals surface area contributed by atoms with E-state index >= 15 is 0 Å². The number of ether oxygens (including phenoxy) is 1. The van der Waals surface area contributed by atoms with Gasteiger partial charge in [0.15, 0.2) is 0 Å². The van der Waals surface area contributed by atoms with E-state index in [2.05, 4.69) is 43.8 Å². The van der Waals surface area contributed by atoms with Crippen LogP contribution >= 0.6 is 0 Å². The zero-order valence-electron chi connectivity index (χ0n) is 16.0. The molecule has 0 aliphatic carbocycles. The number of nitrogens with zero attached hydrogens (tertiary/aromatic N) is 5. The van der Waals surface area contributed by atoms with Gasteiger partial charge in [-0.3, -0.25) is 14.6 Å². The van der Waals surface area contributed by atoms with Crippen molar-refractivity contribution in [3.05, 3.63) is 18.5 Å². The van der Waals surface area contributed by atoms with Crippen molar-refractivity contribution >= 4 is 11.9 Å². The lowest BCUT2D eigenvalue weighted by atomic mass is 10.2. The Labute approximate surface area is 155 Å².